The minimum Gasteiger partial charge on any atom is -0.396 e. The molecular weight excluding hydrogens is 190 g/mol. The first kappa shape index (κ1) is 10.5. The summed E-state index contributed by atoms with van der Waals surface area (Å²) >= 11 is 0. The van der Waals surface area contributed by atoms with E-state index in [1.165, 1.54) is 0 Å². The van der Waals surface area contributed by atoms with Crippen molar-refractivity contribution in [2.45, 2.75) is 52.4 Å². The highest BCUT2D eigenvalue weighted by Gasteiger charge is 2.23. The van der Waals surface area contributed by atoms with E-state index in [4.69, 9.17) is 10.5 Å². The molecule has 2 unspecified atom stereocenters. The molecule has 1 fully saturated rings. The van der Waals surface area contributed by atoms with Crippen molar-refractivity contribution in [2.24, 2.45) is 0 Å². The molecule has 1 aromatic rings. The lowest BCUT2D eigenvalue weighted by Gasteiger charge is -2.12. The molecule has 0 aliphatic carbocycles. The van der Waals surface area contributed by atoms with Gasteiger partial charge in [0.2, 0.25) is 0 Å². The Bertz CT molecular complexity index is 359. The number of aromatic nitrogens is 2. The SMILES string of the molecule is Cc1nn(CC2CCC(C)O2)c(C)c1N. The molecule has 0 radical (unpaired) electrons. The van der Waals surface area contributed by atoms with Crippen molar-refractivity contribution in [1.82, 2.24) is 9.78 Å². The minimum absolute atomic E-state index is 0.303. The van der Waals surface area contributed by atoms with Gasteiger partial charge in [-0.15, -0.1) is 0 Å². The quantitative estimate of drug-likeness (QED) is 0.805. The maximum absolute atomic E-state index is 5.88. The van der Waals surface area contributed by atoms with Gasteiger partial charge in [-0.3, -0.25) is 4.68 Å². The van der Waals surface area contributed by atoms with E-state index in [0.29, 0.717) is 12.2 Å². The standard InChI is InChI=1S/C11H19N3O/c1-7-4-5-10(15-7)6-14-9(3)11(12)8(2)13-14/h7,10H,4-6,12H2,1-3H3. The summed E-state index contributed by atoms with van der Waals surface area (Å²) in [5.41, 5.74) is 8.65. The van der Waals surface area contributed by atoms with Crippen LogP contribution >= 0.6 is 0 Å². The predicted molar refractivity (Wildman–Crippen MR) is 59.7 cm³/mol. The summed E-state index contributed by atoms with van der Waals surface area (Å²) < 4.78 is 7.73. The van der Waals surface area contributed by atoms with E-state index in [-0.39, 0.29) is 0 Å². The fourth-order valence-electron chi connectivity index (χ4n) is 2.10. The van der Waals surface area contributed by atoms with Gasteiger partial charge in [0.05, 0.1) is 35.8 Å². The molecule has 2 N–H and O–H groups in total. The Morgan fingerprint density at radius 2 is 2.20 bits per heavy atom. The topological polar surface area (TPSA) is 53.1 Å². The second-order valence-corrected chi connectivity index (χ2v) is 4.41. The van der Waals surface area contributed by atoms with Crippen LogP contribution in [0.25, 0.3) is 0 Å². The molecule has 0 aromatic carbocycles. The summed E-state index contributed by atoms with van der Waals surface area (Å²) in [7, 11) is 0. The molecule has 0 bridgehead atoms. The van der Waals surface area contributed by atoms with Gasteiger partial charge >= 0.3 is 0 Å². The Balaban J connectivity index is 2.08. The highest BCUT2D eigenvalue weighted by Crippen LogP contribution is 2.22. The van der Waals surface area contributed by atoms with Crippen molar-refractivity contribution in [2.75, 3.05) is 5.73 Å². The molecule has 0 amide bonds. The van der Waals surface area contributed by atoms with E-state index in [1.54, 1.807) is 0 Å². The second kappa shape index (κ2) is 3.85. The van der Waals surface area contributed by atoms with Gasteiger partial charge in [0.25, 0.3) is 0 Å². The van der Waals surface area contributed by atoms with E-state index < -0.39 is 0 Å². The van der Waals surface area contributed by atoms with Gasteiger partial charge in [-0.05, 0) is 33.6 Å². The zero-order valence-electron chi connectivity index (χ0n) is 9.66. The monoisotopic (exact) mass is 209 g/mol. The Morgan fingerprint density at radius 1 is 1.47 bits per heavy atom. The van der Waals surface area contributed by atoms with E-state index in [2.05, 4.69) is 12.0 Å². The van der Waals surface area contributed by atoms with Crippen molar-refractivity contribution in [3.05, 3.63) is 11.4 Å². The van der Waals surface area contributed by atoms with Gasteiger partial charge in [0.15, 0.2) is 0 Å². The van der Waals surface area contributed by atoms with Crippen molar-refractivity contribution >= 4 is 5.69 Å². The normalized spacial score (nSPS) is 26.1. The first-order valence-corrected chi connectivity index (χ1v) is 5.53. The Morgan fingerprint density at radius 3 is 2.67 bits per heavy atom. The molecule has 2 rings (SSSR count). The highest BCUT2D eigenvalue weighted by molar-refractivity contribution is 5.46. The zero-order valence-corrected chi connectivity index (χ0v) is 9.66. The maximum atomic E-state index is 5.88. The average molecular weight is 209 g/mol. The molecule has 1 aromatic heterocycles. The molecular formula is C11H19N3O. The molecule has 2 atom stereocenters. The van der Waals surface area contributed by atoms with Gasteiger partial charge < -0.3 is 10.5 Å². The number of hydrogen-bond acceptors (Lipinski definition) is 3. The van der Waals surface area contributed by atoms with E-state index >= 15 is 0 Å². The van der Waals surface area contributed by atoms with Crippen LogP contribution in [0.1, 0.15) is 31.2 Å². The third-order valence-corrected chi connectivity index (χ3v) is 3.13. The van der Waals surface area contributed by atoms with E-state index in [1.807, 2.05) is 18.5 Å². The molecule has 0 saturated carbocycles. The van der Waals surface area contributed by atoms with Crippen LogP contribution in [0.5, 0.6) is 0 Å². The van der Waals surface area contributed by atoms with Crippen LogP contribution in [-0.2, 0) is 11.3 Å². The van der Waals surface area contributed by atoms with Crippen LogP contribution in [0.4, 0.5) is 5.69 Å². The lowest BCUT2D eigenvalue weighted by Crippen LogP contribution is -2.18. The van der Waals surface area contributed by atoms with Gasteiger partial charge in [-0.1, -0.05) is 0 Å². The van der Waals surface area contributed by atoms with E-state index in [9.17, 15) is 0 Å². The van der Waals surface area contributed by atoms with Gasteiger partial charge in [0, 0.05) is 0 Å². The molecule has 15 heavy (non-hydrogen) atoms. The molecule has 1 saturated heterocycles. The van der Waals surface area contributed by atoms with Crippen LogP contribution in [0.3, 0.4) is 0 Å². The van der Waals surface area contributed by atoms with Crippen LogP contribution in [-0.4, -0.2) is 22.0 Å². The summed E-state index contributed by atoms with van der Waals surface area (Å²) in [6.45, 7) is 6.90. The fourth-order valence-corrected chi connectivity index (χ4v) is 2.10. The third-order valence-electron chi connectivity index (χ3n) is 3.13. The number of rotatable bonds is 2. The number of ether oxygens (including phenoxy) is 1. The first-order chi connectivity index (χ1) is 7.08. The number of nitrogens with zero attached hydrogens (tertiary/aromatic N) is 2. The fraction of sp³-hybridized carbons (Fsp3) is 0.727. The maximum Gasteiger partial charge on any atom is 0.0825 e. The van der Waals surface area contributed by atoms with Crippen molar-refractivity contribution < 1.29 is 4.74 Å². The number of nitrogens with two attached hydrogens (primary N) is 1. The number of anilines is 1. The molecule has 4 nitrogen and oxygen atoms in total. The Labute approximate surface area is 90.4 Å². The van der Waals surface area contributed by atoms with Crippen LogP contribution in [0, 0.1) is 13.8 Å². The number of aryl methyl sites for hydroxylation is 1. The van der Waals surface area contributed by atoms with Crippen molar-refractivity contribution in [1.29, 1.82) is 0 Å². The second-order valence-electron chi connectivity index (χ2n) is 4.41. The molecule has 1 aliphatic heterocycles. The van der Waals surface area contributed by atoms with Crippen LogP contribution in [0.2, 0.25) is 0 Å². The summed E-state index contributed by atoms with van der Waals surface area (Å²) in [6.07, 6.45) is 2.97. The molecule has 84 valence electrons. The smallest absolute Gasteiger partial charge is 0.0825 e. The van der Waals surface area contributed by atoms with Gasteiger partial charge in [-0.2, -0.15) is 5.10 Å². The van der Waals surface area contributed by atoms with Crippen molar-refractivity contribution in [3.8, 4) is 0 Å². The van der Waals surface area contributed by atoms with Crippen LogP contribution in [0.15, 0.2) is 0 Å². The average Bonchev–Trinajstić information content (AvgIpc) is 2.68. The Hall–Kier alpha value is -1.03. The number of nitrogen functional groups attached to an aromatic ring is 1. The summed E-state index contributed by atoms with van der Waals surface area (Å²) in [6, 6.07) is 0. The number of hydrogen-bond donors (Lipinski definition) is 1. The molecule has 2 heterocycles. The summed E-state index contributed by atoms with van der Waals surface area (Å²) in [5.74, 6) is 0. The third kappa shape index (κ3) is 2.00. The van der Waals surface area contributed by atoms with Crippen molar-refractivity contribution in [3.63, 3.8) is 0 Å². The highest BCUT2D eigenvalue weighted by atomic mass is 16.5. The Kier molecular flexibility index (Phi) is 2.69. The zero-order chi connectivity index (χ0) is 11.0. The minimum atomic E-state index is 0.303. The lowest BCUT2D eigenvalue weighted by atomic mass is 10.2. The first-order valence-electron chi connectivity index (χ1n) is 5.53. The van der Waals surface area contributed by atoms with Crippen LogP contribution < -0.4 is 5.73 Å². The largest absolute Gasteiger partial charge is 0.396 e. The van der Waals surface area contributed by atoms with Gasteiger partial charge in [0.1, 0.15) is 0 Å². The molecule has 1 aliphatic rings. The van der Waals surface area contributed by atoms with Gasteiger partial charge in [-0.25, -0.2) is 0 Å². The lowest BCUT2D eigenvalue weighted by molar-refractivity contribution is 0.0433. The summed E-state index contributed by atoms with van der Waals surface area (Å²) in [4.78, 5) is 0. The summed E-state index contributed by atoms with van der Waals surface area (Å²) in [5, 5.41) is 4.41. The van der Waals surface area contributed by atoms with E-state index in [0.717, 1.165) is 36.5 Å². The predicted octanol–water partition coefficient (Wildman–Crippen LogP) is 1.65. The molecule has 0 spiro atoms. The molecule has 4 heteroatoms.